The number of carbonyl (C=O) groups excluding carboxylic acids is 1. The van der Waals surface area contributed by atoms with E-state index >= 15 is 0 Å². The summed E-state index contributed by atoms with van der Waals surface area (Å²) < 4.78 is 79.2. The first-order chi connectivity index (χ1) is 11.0. The van der Waals surface area contributed by atoms with Gasteiger partial charge in [0.25, 0.3) is 5.91 Å². The first kappa shape index (κ1) is 18.9. The number of ether oxygens (including phenoxy) is 1. The average molecular weight is 420 g/mol. The van der Waals surface area contributed by atoms with Gasteiger partial charge in [-0.25, -0.2) is 0 Å². The summed E-state index contributed by atoms with van der Waals surface area (Å²) in [4.78, 5) is 13.6. The van der Waals surface area contributed by atoms with Crippen molar-refractivity contribution in [3.8, 4) is 5.75 Å². The number of carbonyl (C=O) groups is 1. The molecule has 24 heavy (non-hydrogen) atoms. The molecule has 0 aromatic heterocycles. The van der Waals surface area contributed by atoms with Crippen LogP contribution in [0.15, 0.2) is 22.7 Å². The van der Waals surface area contributed by atoms with Crippen LogP contribution in [0.1, 0.15) is 23.2 Å². The lowest BCUT2D eigenvalue weighted by atomic mass is 9.96. The van der Waals surface area contributed by atoms with Crippen LogP contribution < -0.4 is 4.74 Å². The van der Waals surface area contributed by atoms with Gasteiger partial charge in [0.05, 0.1) is 11.5 Å². The Bertz CT molecular complexity index is 608. The third-order valence-electron chi connectivity index (χ3n) is 3.66. The maximum atomic E-state index is 12.7. The molecule has 1 aromatic carbocycles. The van der Waals surface area contributed by atoms with Gasteiger partial charge >= 0.3 is 12.5 Å². The van der Waals surface area contributed by atoms with Crippen molar-refractivity contribution in [2.45, 2.75) is 25.4 Å². The van der Waals surface area contributed by atoms with Gasteiger partial charge in [-0.05, 0) is 40.9 Å². The highest BCUT2D eigenvalue weighted by molar-refractivity contribution is 9.10. The summed E-state index contributed by atoms with van der Waals surface area (Å²) in [5, 5.41) is 0. The quantitative estimate of drug-likeness (QED) is 0.646. The zero-order chi connectivity index (χ0) is 18.1. The van der Waals surface area contributed by atoms with Crippen LogP contribution in [-0.4, -0.2) is 36.4 Å². The minimum Gasteiger partial charge on any atom is -0.405 e. The molecule has 0 unspecified atom stereocenters. The average Bonchev–Trinajstić information content (AvgIpc) is 2.44. The van der Waals surface area contributed by atoms with Gasteiger partial charge in [0.15, 0.2) is 0 Å². The van der Waals surface area contributed by atoms with Gasteiger partial charge in [-0.2, -0.15) is 13.2 Å². The number of likely N-dealkylation sites (tertiary alicyclic amines) is 1. The molecule has 2 rings (SSSR count). The molecule has 1 aliphatic rings. The maximum absolute atomic E-state index is 12.7. The number of halogens is 7. The number of benzene rings is 1. The molecule has 1 heterocycles. The van der Waals surface area contributed by atoms with Gasteiger partial charge < -0.3 is 9.64 Å². The van der Waals surface area contributed by atoms with Gasteiger partial charge in [-0.15, -0.1) is 13.2 Å². The minimum atomic E-state index is -4.99. The fourth-order valence-corrected chi connectivity index (χ4v) is 3.01. The number of piperidine rings is 1. The fourth-order valence-electron chi connectivity index (χ4n) is 2.49. The fraction of sp³-hybridized carbons (Fsp3) is 0.500. The largest absolute Gasteiger partial charge is 0.573 e. The first-order valence-corrected chi connectivity index (χ1v) is 7.68. The van der Waals surface area contributed by atoms with E-state index in [-0.39, 0.29) is 36.0 Å². The Hall–Kier alpha value is -1.45. The highest BCUT2D eigenvalue weighted by Gasteiger charge is 2.42. The number of hydrogen-bond donors (Lipinski definition) is 0. The molecule has 1 aromatic rings. The van der Waals surface area contributed by atoms with Crippen molar-refractivity contribution in [2.75, 3.05) is 13.1 Å². The Morgan fingerprint density at radius 3 is 2.21 bits per heavy atom. The number of alkyl halides is 6. The van der Waals surface area contributed by atoms with Crippen molar-refractivity contribution >= 4 is 21.8 Å². The second kappa shape index (κ2) is 6.81. The summed E-state index contributed by atoms with van der Waals surface area (Å²) in [7, 11) is 0. The van der Waals surface area contributed by atoms with Crippen molar-refractivity contribution in [2.24, 2.45) is 5.92 Å². The van der Waals surface area contributed by atoms with E-state index in [9.17, 15) is 31.1 Å². The van der Waals surface area contributed by atoms with Crippen LogP contribution in [0.5, 0.6) is 5.75 Å². The predicted octanol–water partition coefficient (Wildman–Crippen LogP) is 4.76. The van der Waals surface area contributed by atoms with E-state index in [0.29, 0.717) is 0 Å². The van der Waals surface area contributed by atoms with E-state index in [1.165, 1.54) is 12.1 Å². The number of nitrogens with zero attached hydrogens (tertiary/aromatic N) is 1. The van der Waals surface area contributed by atoms with Gasteiger partial charge in [0, 0.05) is 17.6 Å². The summed E-state index contributed by atoms with van der Waals surface area (Å²) >= 11 is 2.99. The highest BCUT2D eigenvalue weighted by Crippen LogP contribution is 2.36. The molecular weight excluding hydrogens is 408 g/mol. The van der Waals surface area contributed by atoms with Gasteiger partial charge in [-0.3, -0.25) is 4.79 Å². The normalized spacial score (nSPS) is 17.0. The van der Waals surface area contributed by atoms with Crippen molar-refractivity contribution < 1.29 is 35.9 Å². The maximum Gasteiger partial charge on any atom is 0.573 e. The smallest absolute Gasteiger partial charge is 0.405 e. The standard InChI is InChI=1S/C14H12BrF6NO2/c15-9-2-1-3-10(24-14(19,20)21)11(9)12(23)22-6-4-8(5-7-22)13(16,17)18/h1-3,8H,4-7H2. The number of amides is 1. The number of hydrogen-bond acceptors (Lipinski definition) is 2. The third kappa shape index (κ3) is 4.55. The SMILES string of the molecule is O=C(c1c(Br)cccc1OC(F)(F)F)N1CCC(C(F)(F)F)CC1. The number of rotatable bonds is 2. The Labute approximate surface area is 141 Å². The van der Waals surface area contributed by atoms with E-state index in [1.54, 1.807) is 0 Å². The van der Waals surface area contributed by atoms with E-state index in [0.717, 1.165) is 11.0 Å². The summed E-state index contributed by atoms with van der Waals surface area (Å²) in [6, 6.07) is 3.60. The summed E-state index contributed by atoms with van der Waals surface area (Å²) in [5.74, 6) is -3.01. The monoisotopic (exact) mass is 419 g/mol. The predicted molar refractivity (Wildman–Crippen MR) is 75.5 cm³/mol. The zero-order valence-electron chi connectivity index (χ0n) is 12.0. The zero-order valence-corrected chi connectivity index (χ0v) is 13.6. The molecule has 10 heteroatoms. The van der Waals surface area contributed by atoms with E-state index in [2.05, 4.69) is 20.7 Å². The lowest BCUT2D eigenvalue weighted by Crippen LogP contribution is -2.42. The Balaban J connectivity index is 2.19. The molecule has 0 N–H and O–H groups in total. The van der Waals surface area contributed by atoms with Crippen molar-refractivity contribution in [1.82, 2.24) is 4.90 Å². The Morgan fingerprint density at radius 2 is 1.71 bits per heavy atom. The molecule has 0 bridgehead atoms. The summed E-state index contributed by atoms with van der Waals surface area (Å²) in [5.41, 5.74) is -0.361. The van der Waals surface area contributed by atoms with Crippen molar-refractivity contribution in [1.29, 1.82) is 0 Å². The Morgan fingerprint density at radius 1 is 1.12 bits per heavy atom. The molecule has 1 saturated heterocycles. The van der Waals surface area contributed by atoms with Crippen LogP contribution in [-0.2, 0) is 0 Å². The Kier molecular flexibility index (Phi) is 5.36. The molecular formula is C14H12BrF6NO2. The molecule has 0 spiro atoms. The molecule has 0 radical (unpaired) electrons. The van der Waals surface area contributed by atoms with Crippen LogP contribution in [0.2, 0.25) is 0 Å². The van der Waals surface area contributed by atoms with Gasteiger partial charge in [0.1, 0.15) is 5.75 Å². The summed E-state index contributed by atoms with van der Waals surface area (Å²) in [6.45, 7) is -0.369. The highest BCUT2D eigenvalue weighted by atomic mass is 79.9. The van der Waals surface area contributed by atoms with Gasteiger partial charge in [0.2, 0.25) is 0 Å². The second-order valence-electron chi connectivity index (χ2n) is 5.27. The molecule has 134 valence electrons. The van der Waals surface area contributed by atoms with Crippen LogP contribution in [0, 0.1) is 5.92 Å². The van der Waals surface area contributed by atoms with E-state index in [4.69, 9.17) is 0 Å². The van der Waals surface area contributed by atoms with Gasteiger partial charge in [-0.1, -0.05) is 6.07 Å². The minimum absolute atomic E-state index is 0.0761. The molecule has 0 saturated carbocycles. The van der Waals surface area contributed by atoms with Crippen molar-refractivity contribution in [3.05, 3.63) is 28.2 Å². The molecule has 1 aliphatic heterocycles. The molecule has 0 atom stereocenters. The molecule has 1 amide bonds. The third-order valence-corrected chi connectivity index (χ3v) is 4.32. The van der Waals surface area contributed by atoms with Crippen LogP contribution >= 0.6 is 15.9 Å². The molecule has 1 fully saturated rings. The van der Waals surface area contributed by atoms with E-state index < -0.39 is 30.1 Å². The van der Waals surface area contributed by atoms with Crippen LogP contribution in [0.3, 0.4) is 0 Å². The topological polar surface area (TPSA) is 29.5 Å². The summed E-state index contributed by atoms with van der Waals surface area (Å²) in [6.07, 6.45) is -9.89. The molecule has 3 nitrogen and oxygen atoms in total. The van der Waals surface area contributed by atoms with E-state index in [1.807, 2.05) is 0 Å². The van der Waals surface area contributed by atoms with Crippen molar-refractivity contribution in [3.63, 3.8) is 0 Å². The lowest BCUT2D eigenvalue weighted by Gasteiger charge is -2.33. The lowest BCUT2D eigenvalue weighted by molar-refractivity contribution is -0.274. The van der Waals surface area contributed by atoms with Crippen LogP contribution in [0.4, 0.5) is 26.3 Å². The van der Waals surface area contributed by atoms with Crippen LogP contribution in [0.25, 0.3) is 0 Å². The first-order valence-electron chi connectivity index (χ1n) is 6.89. The molecule has 0 aliphatic carbocycles. The second-order valence-corrected chi connectivity index (χ2v) is 6.12.